The third-order valence-corrected chi connectivity index (χ3v) is 8.40. The van der Waals surface area contributed by atoms with Crippen LogP contribution in [0.5, 0.6) is 0 Å². The first-order chi connectivity index (χ1) is 21.1. The van der Waals surface area contributed by atoms with Gasteiger partial charge in [0.25, 0.3) is 11.8 Å². The summed E-state index contributed by atoms with van der Waals surface area (Å²) in [7, 11) is 0. The molecule has 4 aromatic rings. The van der Waals surface area contributed by atoms with Crippen LogP contribution in [-0.2, 0) is 19.3 Å². The van der Waals surface area contributed by atoms with Crippen molar-refractivity contribution in [3.8, 4) is 0 Å². The van der Waals surface area contributed by atoms with Gasteiger partial charge in [0.05, 0.1) is 5.56 Å². The van der Waals surface area contributed by atoms with Crippen LogP contribution >= 0.6 is 0 Å². The average Bonchev–Trinajstić information content (AvgIpc) is 3.05. The van der Waals surface area contributed by atoms with Crippen LogP contribution in [0.4, 0.5) is 11.4 Å². The average molecular weight is 574 g/mol. The Morgan fingerprint density at radius 2 is 1.40 bits per heavy atom. The zero-order valence-electron chi connectivity index (χ0n) is 25.2. The fraction of sp³-hybridized carbons (Fsp3) is 0.316. The Morgan fingerprint density at radius 1 is 0.744 bits per heavy atom. The molecule has 0 spiro atoms. The van der Waals surface area contributed by atoms with Gasteiger partial charge in [-0.05, 0) is 91.5 Å². The molecule has 5 heteroatoms. The van der Waals surface area contributed by atoms with Gasteiger partial charge >= 0.3 is 0 Å². The van der Waals surface area contributed by atoms with Crippen LogP contribution in [-0.4, -0.2) is 31.4 Å². The molecule has 0 atom stereocenters. The molecule has 0 saturated carbocycles. The molecule has 2 N–H and O–H groups in total. The molecule has 5 nitrogen and oxygen atoms in total. The first-order valence-corrected chi connectivity index (χ1v) is 15.7. The van der Waals surface area contributed by atoms with Crippen molar-refractivity contribution in [3.05, 3.63) is 131 Å². The maximum Gasteiger partial charge on any atom is 0.255 e. The topological polar surface area (TPSA) is 61.4 Å². The zero-order chi connectivity index (χ0) is 29.9. The van der Waals surface area contributed by atoms with Crippen molar-refractivity contribution in [2.45, 2.75) is 51.9 Å². The Kier molecular flexibility index (Phi) is 10.6. The molecule has 1 aliphatic rings. The lowest BCUT2D eigenvalue weighted by Crippen LogP contribution is -2.36. The van der Waals surface area contributed by atoms with Gasteiger partial charge < -0.3 is 15.5 Å². The van der Waals surface area contributed by atoms with Crippen molar-refractivity contribution in [3.63, 3.8) is 0 Å². The number of benzene rings is 4. The Morgan fingerprint density at radius 3 is 2.07 bits per heavy atom. The molecule has 1 saturated heterocycles. The van der Waals surface area contributed by atoms with E-state index in [1.54, 1.807) is 0 Å². The van der Waals surface area contributed by atoms with Gasteiger partial charge in [-0.3, -0.25) is 9.59 Å². The SMILES string of the molecule is CCCCc1ccc(C(=O)Nc2ccc(N3CCC(Cc4ccccc4)CC3)c(C(=O)NCCc3ccccc3)c2)cc1. The van der Waals surface area contributed by atoms with Crippen molar-refractivity contribution in [1.29, 1.82) is 0 Å². The lowest BCUT2D eigenvalue weighted by atomic mass is 9.89. The third-order valence-electron chi connectivity index (χ3n) is 8.40. The Bertz CT molecular complexity index is 1460. The molecule has 4 aromatic carbocycles. The number of hydrogen-bond donors (Lipinski definition) is 2. The van der Waals surface area contributed by atoms with Crippen LogP contribution in [0, 0.1) is 5.92 Å². The summed E-state index contributed by atoms with van der Waals surface area (Å²) in [6.45, 7) is 4.52. The second-order valence-electron chi connectivity index (χ2n) is 11.6. The van der Waals surface area contributed by atoms with E-state index in [1.165, 1.54) is 16.7 Å². The second-order valence-corrected chi connectivity index (χ2v) is 11.6. The van der Waals surface area contributed by atoms with Crippen LogP contribution < -0.4 is 15.5 Å². The summed E-state index contributed by atoms with van der Waals surface area (Å²) in [4.78, 5) is 29.0. The molecule has 1 aliphatic heterocycles. The Hall–Kier alpha value is -4.38. The van der Waals surface area contributed by atoms with Gasteiger partial charge in [0.2, 0.25) is 0 Å². The maximum atomic E-state index is 13.6. The number of nitrogens with zero attached hydrogens (tertiary/aromatic N) is 1. The van der Waals surface area contributed by atoms with Crippen molar-refractivity contribution >= 4 is 23.2 Å². The number of nitrogens with one attached hydrogen (secondary N) is 2. The van der Waals surface area contributed by atoms with Gasteiger partial charge in [-0.25, -0.2) is 0 Å². The highest BCUT2D eigenvalue weighted by molar-refractivity contribution is 6.06. The molecule has 0 aromatic heterocycles. The molecule has 2 amide bonds. The quantitative estimate of drug-likeness (QED) is 0.182. The summed E-state index contributed by atoms with van der Waals surface area (Å²) in [6, 6.07) is 34.4. The largest absolute Gasteiger partial charge is 0.371 e. The summed E-state index contributed by atoms with van der Waals surface area (Å²) >= 11 is 0. The van der Waals surface area contributed by atoms with Gasteiger partial charge in [-0.1, -0.05) is 86.1 Å². The molecule has 222 valence electrons. The van der Waals surface area contributed by atoms with E-state index in [0.717, 1.165) is 63.7 Å². The predicted molar refractivity (Wildman–Crippen MR) is 177 cm³/mol. The highest BCUT2D eigenvalue weighted by Gasteiger charge is 2.24. The van der Waals surface area contributed by atoms with Crippen molar-refractivity contribution in [2.75, 3.05) is 29.9 Å². The second kappa shape index (κ2) is 15.2. The van der Waals surface area contributed by atoms with Gasteiger partial charge in [0, 0.05) is 36.6 Å². The molecular formula is C38H43N3O2. The van der Waals surface area contributed by atoms with E-state index in [-0.39, 0.29) is 11.8 Å². The molecule has 43 heavy (non-hydrogen) atoms. The van der Waals surface area contributed by atoms with Crippen molar-refractivity contribution in [2.24, 2.45) is 5.92 Å². The lowest BCUT2D eigenvalue weighted by molar-refractivity contribution is 0.0953. The molecule has 1 heterocycles. The van der Waals surface area contributed by atoms with Crippen molar-refractivity contribution < 1.29 is 9.59 Å². The van der Waals surface area contributed by atoms with E-state index in [1.807, 2.05) is 60.7 Å². The van der Waals surface area contributed by atoms with Gasteiger partial charge in [-0.15, -0.1) is 0 Å². The predicted octanol–water partition coefficient (Wildman–Crippen LogP) is 7.71. The number of aryl methyl sites for hydroxylation is 1. The van der Waals surface area contributed by atoms with Crippen LogP contribution in [0.15, 0.2) is 103 Å². The number of carbonyl (C=O) groups excluding carboxylic acids is 2. The number of hydrogen-bond acceptors (Lipinski definition) is 3. The van der Waals surface area contributed by atoms with E-state index in [4.69, 9.17) is 0 Å². The Balaban J connectivity index is 1.28. The van der Waals surface area contributed by atoms with Gasteiger partial charge in [0.1, 0.15) is 0 Å². The lowest BCUT2D eigenvalue weighted by Gasteiger charge is -2.35. The normalized spacial score (nSPS) is 13.5. The number of piperidine rings is 1. The maximum absolute atomic E-state index is 13.6. The monoisotopic (exact) mass is 573 g/mol. The fourth-order valence-electron chi connectivity index (χ4n) is 5.86. The Labute approximate surface area is 256 Å². The fourth-order valence-corrected chi connectivity index (χ4v) is 5.86. The molecule has 0 aliphatic carbocycles. The minimum Gasteiger partial charge on any atom is -0.371 e. The van der Waals surface area contributed by atoms with Crippen molar-refractivity contribution in [1.82, 2.24) is 5.32 Å². The van der Waals surface area contributed by atoms with E-state index in [2.05, 4.69) is 64.9 Å². The standard InChI is InChI=1S/C38H43N3O2/c1-2-3-10-30-15-17-33(18-16-30)37(42)40-34-19-20-36(35(28-34)38(43)39-24-21-29-11-6-4-7-12-29)41-25-22-32(23-26-41)27-31-13-8-5-9-14-31/h4-9,11-20,28,32H,2-3,10,21-27H2,1H3,(H,39,43)(H,40,42). The zero-order valence-corrected chi connectivity index (χ0v) is 25.2. The van der Waals surface area contributed by atoms with Crippen LogP contribution in [0.25, 0.3) is 0 Å². The summed E-state index contributed by atoms with van der Waals surface area (Å²) in [5.74, 6) is 0.342. The number of unbranched alkanes of at least 4 members (excludes halogenated alkanes) is 1. The minimum absolute atomic E-state index is 0.117. The minimum atomic E-state index is -0.174. The number of amides is 2. The van der Waals surface area contributed by atoms with Crippen LogP contribution in [0.2, 0.25) is 0 Å². The van der Waals surface area contributed by atoms with E-state index in [9.17, 15) is 9.59 Å². The molecule has 0 unspecified atom stereocenters. The van der Waals surface area contributed by atoms with Crippen LogP contribution in [0.1, 0.15) is 70.0 Å². The van der Waals surface area contributed by atoms with E-state index in [0.29, 0.717) is 29.3 Å². The van der Waals surface area contributed by atoms with E-state index < -0.39 is 0 Å². The van der Waals surface area contributed by atoms with Gasteiger partial charge in [-0.2, -0.15) is 0 Å². The first-order valence-electron chi connectivity index (χ1n) is 15.7. The first kappa shape index (κ1) is 30.1. The number of carbonyl (C=O) groups is 2. The molecule has 0 radical (unpaired) electrons. The smallest absolute Gasteiger partial charge is 0.255 e. The van der Waals surface area contributed by atoms with E-state index >= 15 is 0 Å². The number of anilines is 2. The number of rotatable bonds is 12. The third kappa shape index (κ3) is 8.57. The highest BCUT2D eigenvalue weighted by Crippen LogP contribution is 2.30. The van der Waals surface area contributed by atoms with Crippen LogP contribution in [0.3, 0.4) is 0 Å². The molecular weight excluding hydrogens is 530 g/mol. The summed E-state index contributed by atoms with van der Waals surface area (Å²) in [6.07, 6.45) is 7.31. The summed E-state index contributed by atoms with van der Waals surface area (Å²) in [5, 5.41) is 6.15. The van der Waals surface area contributed by atoms with Gasteiger partial charge in [0.15, 0.2) is 0 Å². The molecule has 0 bridgehead atoms. The summed E-state index contributed by atoms with van der Waals surface area (Å²) < 4.78 is 0. The summed E-state index contributed by atoms with van der Waals surface area (Å²) in [5.41, 5.74) is 6.57. The molecule has 5 rings (SSSR count). The molecule has 1 fully saturated rings. The highest BCUT2D eigenvalue weighted by atomic mass is 16.2.